The minimum atomic E-state index is -0.107. The van der Waals surface area contributed by atoms with Gasteiger partial charge in [-0.2, -0.15) is 0 Å². The van der Waals surface area contributed by atoms with Gasteiger partial charge in [-0.15, -0.1) is 0 Å². The number of aromatic nitrogens is 2. The first-order chi connectivity index (χ1) is 11.7. The van der Waals surface area contributed by atoms with Gasteiger partial charge in [0.25, 0.3) is 5.91 Å². The number of amides is 1. The molecule has 2 aromatic heterocycles. The van der Waals surface area contributed by atoms with Crippen LogP contribution in [0.15, 0.2) is 42.9 Å². The van der Waals surface area contributed by atoms with Crippen molar-refractivity contribution in [2.45, 2.75) is 12.8 Å². The summed E-state index contributed by atoms with van der Waals surface area (Å²) in [5.41, 5.74) is 1.81. The number of carbonyl (C=O) groups excluding carboxylic acids is 1. The van der Waals surface area contributed by atoms with E-state index in [2.05, 4.69) is 20.2 Å². The highest BCUT2D eigenvalue weighted by molar-refractivity contribution is 5.94. The molecule has 0 saturated heterocycles. The molecule has 2 heterocycles. The Labute approximate surface area is 142 Å². The van der Waals surface area contributed by atoms with Crippen molar-refractivity contribution < 1.29 is 9.53 Å². The molecule has 128 valence electrons. The largest absolute Gasteiger partial charge is 0.385 e. The van der Waals surface area contributed by atoms with Crippen molar-refractivity contribution in [2.24, 2.45) is 0 Å². The predicted octanol–water partition coefficient (Wildman–Crippen LogP) is 1.92. The predicted molar refractivity (Wildman–Crippen MR) is 94.3 cm³/mol. The third-order valence-corrected chi connectivity index (χ3v) is 3.70. The highest BCUT2D eigenvalue weighted by Crippen LogP contribution is 2.11. The van der Waals surface area contributed by atoms with Crippen molar-refractivity contribution in [2.75, 3.05) is 38.8 Å². The number of rotatable bonds is 9. The number of pyridine rings is 2. The Morgan fingerprint density at radius 3 is 2.71 bits per heavy atom. The summed E-state index contributed by atoms with van der Waals surface area (Å²) in [6, 6.07) is 7.70. The van der Waals surface area contributed by atoms with Gasteiger partial charge in [-0.05, 0) is 42.7 Å². The smallest absolute Gasteiger partial charge is 0.252 e. The fourth-order valence-electron chi connectivity index (χ4n) is 2.23. The van der Waals surface area contributed by atoms with Crippen LogP contribution in [0, 0.1) is 0 Å². The number of hydrogen-bond acceptors (Lipinski definition) is 5. The van der Waals surface area contributed by atoms with Crippen LogP contribution in [0.25, 0.3) is 0 Å². The fraction of sp³-hybridized carbons (Fsp3) is 0.389. The van der Waals surface area contributed by atoms with Crippen LogP contribution >= 0.6 is 0 Å². The second-order valence-electron chi connectivity index (χ2n) is 5.53. The maximum atomic E-state index is 12.0. The summed E-state index contributed by atoms with van der Waals surface area (Å²) in [5.74, 6) is 0.740. The van der Waals surface area contributed by atoms with Crippen molar-refractivity contribution in [3.05, 3.63) is 54.0 Å². The van der Waals surface area contributed by atoms with Gasteiger partial charge < -0.3 is 15.0 Å². The average molecular weight is 328 g/mol. The number of hydrogen-bond donors (Lipinski definition) is 1. The van der Waals surface area contributed by atoms with Crippen LogP contribution in [0.4, 0.5) is 5.82 Å². The van der Waals surface area contributed by atoms with Crippen LogP contribution in [0.1, 0.15) is 22.3 Å². The molecule has 1 N–H and O–H groups in total. The Morgan fingerprint density at radius 1 is 1.25 bits per heavy atom. The highest BCUT2D eigenvalue weighted by atomic mass is 16.5. The normalized spacial score (nSPS) is 10.4. The van der Waals surface area contributed by atoms with Crippen LogP contribution in [0.5, 0.6) is 0 Å². The minimum absolute atomic E-state index is 0.107. The Kier molecular flexibility index (Phi) is 7.17. The average Bonchev–Trinajstić information content (AvgIpc) is 2.64. The molecule has 0 aliphatic heterocycles. The summed E-state index contributed by atoms with van der Waals surface area (Å²) in [6.07, 6.45) is 6.93. The van der Waals surface area contributed by atoms with Gasteiger partial charge in [0.05, 0.1) is 5.56 Å². The van der Waals surface area contributed by atoms with E-state index in [-0.39, 0.29) is 5.91 Å². The number of nitrogens with zero attached hydrogens (tertiary/aromatic N) is 3. The van der Waals surface area contributed by atoms with Gasteiger partial charge >= 0.3 is 0 Å². The highest BCUT2D eigenvalue weighted by Gasteiger charge is 2.07. The minimum Gasteiger partial charge on any atom is -0.385 e. The second-order valence-corrected chi connectivity index (χ2v) is 5.53. The Hall–Kier alpha value is -2.47. The topological polar surface area (TPSA) is 67.3 Å². The molecule has 1 amide bonds. The van der Waals surface area contributed by atoms with Gasteiger partial charge in [0.1, 0.15) is 5.82 Å². The number of methoxy groups -OCH3 is 1. The van der Waals surface area contributed by atoms with Crippen LogP contribution < -0.4 is 10.2 Å². The first-order valence-electron chi connectivity index (χ1n) is 8.04. The van der Waals surface area contributed by atoms with Crippen molar-refractivity contribution in [3.63, 3.8) is 0 Å². The van der Waals surface area contributed by atoms with Crippen LogP contribution in [0.2, 0.25) is 0 Å². The molecule has 0 aliphatic carbocycles. The van der Waals surface area contributed by atoms with Crippen LogP contribution in [0.3, 0.4) is 0 Å². The van der Waals surface area contributed by atoms with Crippen molar-refractivity contribution >= 4 is 11.7 Å². The van der Waals surface area contributed by atoms with Crippen molar-refractivity contribution in [3.8, 4) is 0 Å². The maximum Gasteiger partial charge on any atom is 0.252 e. The third-order valence-electron chi connectivity index (χ3n) is 3.70. The molecule has 6 nitrogen and oxygen atoms in total. The van der Waals surface area contributed by atoms with Gasteiger partial charge in [-0.1, -0.05) is 0 Å². The lowest BCUT2D eigenvalue weighted by Gasteiger charge is -2.18. The first kappa shape index (κ1) is 17.9. The van der Waals surface area contributed by atoms with Gasteiger partial charge in [-0.25, -0.2) is 4.98 Å². The van der Waals surface area contributed by atoms with E-state index < -0.39 is 0 Å². The van der Waals surface area contributed by atoms with E-state index in [9.17, 15) is 4.79 Å². The summed E-state index contributed by atoms with van der Waals surface area (Å²) < 4.78 is 4.95. The van der Waals surface area contributed by atoms with Gasteiger partial charge in [0.2, 0.25) is 0 Å². The lowest BCUT2D eigenvalue weighted by molar-refractivity contribution is 0.0948. The van der Waals surface area contributed by atoms with E-state index in [1.807, 2.05) is 25.2 Å². The van der Waals surface area contributed by atoms with E-state index in [1.165, 1.54) is 5.56 Å². The maximum absolute atomic E-state index is 12.0. The summed E-state index contributed by atoms with van der Waals surface area (Å²) in [5, 5.41) is 2.85. The fourth-order valence-corrected chi connectivity index (χ4v) is 2.23. The summed E-state index contributed by atoms with van der Waals surface area (Å²) in [6.45, 7) is 2.08. The molecule has 0 atom stereocenters. The summed E-state index contributed by atoms with van der Waals surface area (Å²) in [4.78, 5) is 22.5. The van der Waals surface area contributed by atoms with Crippen molar-refractivity contribution in [1.29, 1.82) is 0 Å². The molecule has 2 aromatic rings. The van der Waals surface area contributed by atoms with Crippen molar-refractivity contribution in [1.82, 2.24) is 15.3 Å². The first-order valence-corrected chi connectivity index (χ1v) is 8.04. The van der Waals surface area contributed by atoms with Crippen LogP contribution in [-0.2, 0) is 11.2 Å². The standard InChI is InChI=1S/C18H24N4O2/c1-22(12-8-15-6-10-19-11-7-15)17-5-4-16(14-21-17)18(23)20-9-3-13-24-2/h4-7,10-11,14H,3,8-9,12-13H2,1-2H3,(H,20,23). The monoisotopic (exact) mass is 328 g/mol. The van der Waals surface area contributed by atoms with E-state index >= 15 is 0 Å². The Balaban J connectivity index is 1.83. The number of anilines is 1. The molecule has 0 bridgehead atoms. The molecular formula is C18H24N4O2. The lowest BCUT2D eigenvalue weighted by atomic mass is 10.2. The Bertz CT molecular complexity index is 617. The summed E-state index contributed by atoms with van der Waals surface area (Å²) >= 11 is 0. The molecule has 0 radical (unpaired) electrons. The zero-order valence-corrected chi connectivity index (χ0v) is 14.2. The zero-order valence-electron chi connectivity index (χ0n) is 14.2. The van der Waals surface area contributed by atoms with E-state index in [1.54, 1.807) is 31.8 Å². The zero-order chi connectivity index (χ0) is 17.2. The molecule has 0 fully saturated rings. The lowest BCUT2D eigenvalue weighted by Crippen LogP contribution is -2.26. The van der Waals surface area contributed by atoms with Crippen LogP contribution in [-0.4, -0.2) is 49.7 Å². The SMILES string of the molecule is COCCCNC(=O)c1ccc(N(C)CCc2ccncc2)nc1. The molecule has 0 aliphatic rings. The molecule has 2 rings (SSSR count). The number of ether oxygens (including phenoxy) is 1. The molecule has 0 spiro atoms. The molecule has 6 heteroatoms. The Morgan fingerprint density at radius 2 is 2.04 bits per heavy atom. The molecule has 0 aromatic carbocycles. The molecule has 24 heavy (non-hydrogen) atoms. The molecule has 0 saturated carbocycles. The van der Waals surface area contributed by atoms with E-state index in [0.29, 0.717) is 18.7 Å². The van der Waals surface area contributed by atoms with Gasteiger partial charge in [-0.3, -0.25) is 9.78 Å². The van der Waals surface area contributed by atoms with E-state index in [0.717, 1.165) is 25.2 Å². The second kappa shape index (κ2) is 9.62. The number of nitrogens with one attached hydrogen (secondary N) is 1. The number of likely N-dealkylation sites (N-methyl/N-ethyl adjacent to an activating group) is 1. The third kappa shape index (κ3) is 5.62. The quantitative estimate of drug-likeness (QED) is 0.712. The number of carbonyl (C=O) groups is 1. The molecular weight excluding hydrogens is 304 g/mol. The summed E-state index contributed by atoms with van der Waals surface area (Å²) in [7, 11) is 3.64. The molecule has 0 unspecified atom stereocenters. The van der Waals surface area contributed by atoms with Gasteiger partial charge in [0, 0.05) is 52.4 Å². The van der Waals surface area contributed by atoms with Gasteiger partial charge in [0.15, 0.2) is 0 Å². The van der Waals surface area contributed by atoms with E-state index in [4.69, 9.17) is 4.74 Å².